The third-order valence-electron chi connectivity index (χ3n) is 3.85. The molecule has 0 bridgehead atoms. The maximum absolute atomic E-state index is 12.3. The molecule has 1 amide bonds. The Morgan fingerprint density at radius 1 is 1.33 bits per heavy atom. The number of rotatable bonds is 2. The number of aromatic nitrogens is 2. The molecule has 1 aliphatic rings. The highest BCUT2D eigenvalue weighted by Gasteiger charge is 2.27. The number of allylic oxidation sites excluding steroid dienone is 1. The Hall–Kier alpha value is -3.40. The number of carbonyl (C=O) groups excluding carboxylic acids is 1. The van der Waals surface area contributed by atoms with Crippen molar-refractivity contribution in [3.8, 4) is 6.07 Å². The molecule has 0 unspecified atom stereocenters. The monoisotopic (exact) mass is 321 g/mol. The first kappa shape index (κ1) is 15.5. The highest BCUT2D eigenvalue weighted by molar-refractivity contribution is 5.99. The van der Waals surface area contributed by atoms with E-state index in [0.717, 1.165) is 5.56 Å². The van der Waals surface area contributed by atoms with Crippen molar-refractivity contribution in [2.45, 2.75) is 20.4 Å². The second-order valence-corrected chi connectivity index (χ2v) is 5.61. The summed E-state index contributed by atoms with van der Waals surface area (Å²) in [5.41, 5.74) is 5.50. The van der Waals surface area contributed by atoms with Gasteiger partial charge in [0.25, 0.3) is 11.5 Å². The number of amides is 1. The summed E-state index contributed by atoms with van der Waals surface area (Å²) in [6.07, 6.45) is 1.71. The first-order chi connectivity index (χ1) is 11.4. The van der Waals surface area contributed by atoms with Crippen molar-refractivity contribution in [3.63, 3.8) is 0 Å². The van der Waals surface area contributed by atoms with Crippen molar-refractivity contribution < 1.29 is 4.79 Å². The fourth-order valence-electron chi connectivity index (χ4n) is 2.49. The van der Waals surface area contributed by atoms with Crippen molar-refractivity contribution >= 4 is 11.6 Å². The molecule has 0 saturated heterocycles. The highest BCUT2D eigenvalue weighted by Crippen LogP contribution is 2.19. The van der Waals surface area contributed by atoms with Crippen LogP contribution in [0.1, 0.15) is 18.2 Å². The van der Waals surface area contributed by atoms with Gasteiger partial charge in [0, 0.05) is 12.3 Å². The van der Waals surface area contributed by atoms with E-state index in [4.69, 9.17) is 5.26 Å². The summed E-state index contributed by atoms with van der Waals surface area (Å²) in [6, 6.07) is 6.88. The van der Waals surface area contributed by atoms with Gasteiger partial charge >= 0.3 is 0 Å². The van der Waals surface area contributed by atoms with Gasteiger partial charge in [-0.1, -0.05) is 12.6 Å². The lowest BCUT2D eigenvalue weighted by Gasteiger charge is -2.30. The van der Waals surface area contributed by atoms with Crippen molar-refractivity contribution in [1.29, 1.82) is 5.26 Å². The van der Waals surface area contributed by atoms with Crippen molar-refractivity contribution in [2.24, 2.45) is 0 Å². The number of hydrogen-bond donors (Lipinski definition) is 1. The summed E-state index contributed by atoms with van der Waals surface area (Å²) in [6.45, 7) is 7.40. The lowest BCUT2D eigenvalue weighted by molar-refractivity contribution is -0.130. The van der Waals surface area contributed by atoms with E-state index in [1.165, 1.54) is 15.5 Å². The first-order valence-corrected chi connectivity index (χ1v) is 7.28. The smallest absolute Gasteiger partial charge is 0.283 e. The van der Waals surface area contributed by atoms with Gasteiger partial charge in [-0.25, -0.2) is 9.99 Å². The molecule has 7 heteroatoms. The van der Waals surface area contributed by atoms with Gasteiger partial charge in [0.05, 0.1) is 17.9 Å². The molecule has 0 fully saturated rings. The van der Waals surface area contributed by atoms with Crippen LogP contribution >= 0.6 is 0 Å². The normalized spacial score (nSPS) is 14.8. The van der Waals surface area contributed by atoms with Gasteiger partial charge in [-0.05, 0) is 31.1 Å². The Balaban J connectivity index is 1.98. The fourth-order valence-corrected chi connectivity index (χ4v) is 2.49. The van der Waals surface area contributed by atoms with E-state index in [1.807, 2.05) is 19.1 Å². The van der Waals surface area contributed by atoms with Gasteiger partial charge in [0.15, 0.2) is 0 Å². The zero-order valence-corrected chi connectivity index (χ0v) is 13.3. The van der Waals surface area contributed by atoms with E-state index in [0.29, 0.717) is 22.6 Å². The van der Waals surface area contributed by atoms with E-state index in [2.05, 4.69) is 17.0 Å². The minimum atomic E-state index is -0.465. The van der Waals surface area contributed by atoms with Crippen LogP contribution in [0.3, 0.4) is 0 Å². The minimum Gasteiger partial charge on any atom is -0.296 e. The molecule has 1 aliphatic heterocycles. The summed E-state index contributed by atoms with van der Waals surface area (Å²) in [4.78, 5) is 29.0. The average Bonchev–Trinajstić information content (AvgIpc) is 2.54. The summed E-state index contributed by atoms with van der Waals surface area (Å²) < 4.78 is 1.45. The van der Waals surface area contributed by atoms with Crippen LogP contribution in [-0.4, -0.2) is 20.3 Å². The number of hydrazine groups is 1. The summed E-state index contributed by atoms with van der Waals surface area (Å²) in [5.74, 6) is -0.465. The number of nitrogens with one attached hydrogen (secondary N) is 1. The number of carbonyl (C=O) groups is 1. The second-order valence-electron chi connectivity index (χ2n) is 5.61. The van der Waals surface area contributed by atoms with Crippen molar-refractivity contribution in [3.05, 3.63) is 69.4 Å². The summed E-state index contributed by atoms with van der Waals surface area (Å²) in [7, 11) is 0. The number of pyridine rings is 1. The van der Waals surface area contributed by atoms with E-state index in [-0.39, 0.29) is 17.7 Å². The molecule has 0 radical (unpaired) electrons. The molecule has 1 N–H and O–H groups in total. The van der Waals surface area contributed by atoms with Gasteiger partial charge in [-0.2, -0.15) is 5.26 Å². The molecule has 2 aromatic rings. The topological polar surface area (TPSA) is 90.5 Å². The number of nitrogens with zero attached hydrogens (tertiary/aromatic N) is 4. The van der Waals surface area contributed by atoms with Gasteiger partial charge in [-0.3, -0.25) is 19.4 Å². The largest absolute Gasteiger partial charge is 0.296 e. The molecule has 0 atom stereocenters. The van der Waals surface area contributed by atoms with Gasteiger partial charge in [0.2, 0.25) is 0 Å². The molecular formula is C17H15N5O2. The van der Waals surface area contributed by atoms with Crippen LogP contribution in [0.4, 0.5) is 0 Å². The molecule has 2 aromatic heterocycles. The Kier molecular flexibility index (Phi) is 3.66. The van der Waals surface area contributed by atoms with Crippen molar-refractivity contribution in [2.75, 3.05) is 0 Å². The van der Waals surface area contributed by atoms with Crippen LogP contribution in [-0.2, 0) is 11.3 Å². The molecular weight excluding hydrogens is 306 g/mol. The predicted octanol–water partition coefficient (Wildman–Crippen LogP) is 1.20. The molecule has 0 aromatic carbocycles. The Bertz CT molecular complexity index is 1010. The molecule has 0 saturated carbocycles. The molecule has 7 nitrogen and oxygen atoms in total. The summed E-state index contributed by atoms with van der Waals surface area (Å²) >= 11 is 0. The first-order valence-electron chi connectivity index (χ1n) is 7.28. The van der Waals surface area contributed by atoms with Crippen LogP contribution in [0.15, 0.2) is 52.6 Å². The molecule has 3 heterocycles. The predicted molar refractivity (Wildman–Crippen MR) is 87.3 cm³/mol. The van der Waals surface area contributed by atoms with Crippen LogP contribution in [0.5, 0.6) is 0 Å². The molecule has 24 heavy (non-hydrogen) atoms. The lowest BCUT2D eigenvalue weighted by Crippen LogP contribution is -2.46. The van der Waals surface area contributed by atoms with E-state index in [1.54, 1.807) is 19.2 Å². The Morgan fingerprint density at radius 2 is 2.08 bits per heavy atom. The lowest BCUT2D eigenvalue weighted by atomic mass is 10.1. The van der Waals surface area contributed by atoms with E-state index >= 15 is 0 Å². The molecule has 120 valence electrons. The quantitative estimate of drug-likeness (QED) is 0.897. The molecule has 3 rings (SSSR count). The third-order valence-corrected chi connectivity index (χ3v) is 3.85. The summed E-state index contributed by atoms with van der Waals surface area (Å²) in [5, 5.41) is 10.4. The van der Waals surface area contributed by atoms with E-state index in [9.17, 15) is 9.59 Å². The van der Waals surface area contributed by atoms with Crippen LogP contribution < -0.4 is 11.0 Å². The van der Waals surface area contributed by atoms with Crippen LogP contribution in [0, 0.1) is 18.3 Å². The van der Waals surface area contributed by atoms with Gasteiger partial charge < -0.3 is 0 Å². The Morgan fingerprint density at radius 3 is 2.79 bits per heavy atom. The van der Waals surface area contributed by atoms with Crippen molar-refractivity contribution in [1.82, 2.24) is 19.8 Å². The van der Waals surface area contributed by atoms with E-state index < -0.39 is 5.91 Å². The average molecular weight is 321 g/mol. The van der Waals surface area contributed by atoms with Gasteiger partial charge in [-0.15, -0.1) is 0 Å². The zero-order valence-electron chi connectivity index (χ0n) is 13.3. The number of aryl methyl sites for hydroxylation is 1. The fraction of sp³-hybridized carbons (Fsp3) is 0.176. The number of hydrogen-bond acceptors (Lipinski definition) is 5. The number of fused-ring (bicyclic) bond motifs is 1. The maximum atomic E-state index is 12.3. The van der Waals surface area contributed by atoms with Gasteiger partial charge in [0.1, 0.15) is 17.3 Å². The van der Waals surface area contributed by atoms with Crippen LogP contribution in [0.25, 0.3) is 5.65 Å². The third kappa shape index (κ3) is 2.54. The maximum Gasteiger partial charge on any atom is 0.283 e. The zero-order chi connectivity index (χ0) is 17.4. The highest BCUT2D eigenvalue weighted by atomic mass is 16.2. The molecule has 0 spiro atoms. The Labute approximate surface area is 138 Å². The molecule has 0 aliphatic carbocycles. The SMILES string of the molecule is C=C1NN(Cc2cc(=O)n3cc(C)ccc3n2)C(=O)C(C#N)=C1C. The standard InChI is InChI=1S/C17H15N5O2/c1-10-4-5-15-19-13(6-16(23)21(15)8-10)9-22-17(24)14(7-18)11(2)12(3)20-22/h4-6,8,20H,3,9H2,1-2H3. The second kappa shape index (κ2) is 5.66. The minimum absolute atomic E-state index is 0.0342. The van der Waals surface area contributed by atoms with Crippen LogP contribution in [0.2, 0.25) is 0 Å². The number of nitriles is 1.